The molecule has 0 aliphatic carbocycles. The Hall–Kier alpha value is -0.940. The molecule has 0 saturated carbocycles. The summed E-state index contributed by atoms with van der Waals surface area (Å²) in [7, 11) is 0. The number of halogens is 1. The minimum absolute atomic E-state index is 0.0410. The van der Waals surface area contributed by atoms with E-state index in [9.17, 15) is 4.79 Å². The Bertz CT molecular complexity index is 435. The highest BCUT2D eigenvalue weighted by atomic mass is 79.9. The Labute approximate surface area is 122 Å². The van der Waals surface area contributed by atoms with Crippen molar-refractivity contribution in [3.05, 3.63) is 28.5 Å². The molecule has 104 valence electrons. The second-order valence-corrected chi connectivity index (χ2v) is 5.81. The molecule has 1 saturated heterocycles. The van der Waals surface area contributed by atoms with Crippen molar-refractivity contribution in [3.8, 4) is 0 Å². The zero-order chi connectivity index (χ0) is 13.8. The minimum atomic E-state index is 0.0410. The van der Waals surface area contributed by atoms with Crippen LogP contribution in [0.25, 0.3) is 0 Å². The number of nitrogens with zero attached hydrogens (tertiary/aromatic N) is 2. The van der Waals surface area contributed by atoms with Crippen molar-refractivity contribution in [1.82, 2.24) is 15.2 Å². The number of rotatable bonds is 3. The van der Waals surface area contributed by atoms with Crippen LogP contribution in [0.3, 0.4) is 0 Å². The van der Waals surface area contributed by atoms with Crippen LogP contribution in [-0.2, 0) is 0 Å². The van der Waals surface area contributed by atoms with E-state index in [1.165, 1.54) is 0 Å². The predicted octanol–water partition coefficient (Wildman–Crippen LogP) is 2.45. The number of hydrogen-bond acceptors (Lipinski definition) is 3. The standard InChI is InChI=1S/C14H20BrN3O/c1-3-11-9-18(12(4-2)8-16-11)14(19)13-6-5-10(15)7-17-13/h5-7,11-12,16H,3-4,8-9H2,1-2H3. The molecule has 1 fully saturated rings. The first kappa shape index (κ1) is 14.5. The van der Waals surface area contributed by atoms with Crippen LogP contribution in [-0.4, -0.2) is 41.0 Å². The minimum Gasteiger partial charge on any atom is -0.332 e. The maximum Gasteiger partial charge on any atom is 0.272 e. The average Bonchev–Trinajstić information content (AvgIpc) is 2.46. The topological polar surface area (TPSA) is 45.2 Å². The third-order valence-corrected chi connectivity index (χ3v) is 4.14. The molecule has 1 aliphatic rings. The van der Waals surface area contributed by atoms with Gasteiger partial charge in [0.15, 0.2) is 0 Å². The second-order valence-electron chi connectivity index (χ2n) is 4.89. The van der Waals surface area contributed by atoms with Crippen LogP contribution in [0.2, 0.25) is 0 Å². The van der Waals surface area contributed by atoms with Gasteiger partial charge in [-0.2, -0.15) is 0 Å². The second kappa shape index (κ2) is 6.48. The summed E-state index contributed by atoms with van der Waals surface area (Å²) in [6, 6.07) is 4.30. The molecule has 2 heterocycles. The molecule has 0 bridgehead atoms. The van der Waals surface area contributed by atoms with E-state index >= 15 is 0 Å². The van der Waals surface area contributed by atoms with Crippen molar-refractivity contribution in [1.29, 1.82) is 0 Å². The van der Waals surface area contributed by atoms with Crippen LogP contribution in [0.4, 0.5) is 0 Å². The third-order valence-electron chi connectivity index (χ3n) is 3.67. The van der Waals surface area contributed by atoms with E-state index in [1.54, 1.807) is 12.3 Å². The monoisotopic (exact) mass is 325 g/mol. The quantitative estimate of drug-likeness (QED) is 0.928. The van der Waals surface area contributed by atoms with Crippen molar-refractivity contribution in [2.24, 2.45) is 0 Å². The Morgan fingerprint density at radius 1 is 1.47 bits per heavy atom. The molecule has 5 heteroatoms. The lowest BCUT2D eigenvalue weighted by Gasteiger charge is -2.39. The van der Waals surface area contributed by atoms with Gasteiger partial charge in [0.2, 0.25) is 0 Å². The summed E-state index contributed by atoms with van der Waals surface area (Å²) in [5, 5.41) is 3.49. The van der Waals surface area contributed by atoms with Crippen molar-refractivity contribution >= 4 is 21.8 Å². The van der Waals surface area contributed by atoms with Gasteiger partial charge in [-0.15, -0.1) is 0 Å². The van der Waals surface area contributed by atoms with Gasteiger partial charge in [0, 0.05) is 35.8 Å². The molecule has 19 heavy (non-hydrogen) atoms. The summed E-state index contributed by atoms with van der Waals surface area (Å²) < 4.78 is 0.892. The van der Waals surface area contributed by atoms with Gasteiger partial charge in [-0.05, 0) is 40.9 Å². The predicted molar refractivity (Wildman–Crippen MR) is 79.1 cm³/mol. The number of hydrogen-bond donors (Lipinski definition) is 1. The lowest BCUT2D eigenvalue weighted by molar-refractivity contribution is 0.0570. The summed E-state index contributed by atoms with van der Waals surface area (Å²) in [5.41, 5.74) is 0.526. The van der Waals surface area contributed by atoms with Gasteiger partial charge in [0.05, 0.1) is 0 Å². The van der Waals surface area contributed by atoms with Crippen LogP contribution in [0.5, 0.6) is 0 Å². The zero-order valence-electron chi connectivity index (χ0n) is 11.4. The van der Waals surface area contributed by atoms with Gasteiger partial charge >= 0.3 is 0 Å². The van der Waals surface area contributed by atoms with Crippen molar-refractivity contribution < 1.29 is 4.79 Å². The van der Waals surface area contributed by atoms with E-state index in [2.05, 4.69) is 40.1 Å². The fraction of sp³-hybridized carbons (Fsp3) is 0.571. The first-order valence-electron chi connectivity index (χ1n) is 6.81. The first-order valence-corrected chi connectivity index (χ1v) is 7.60. The first-order chi connectivity index (χ1) is 9.15. The molecule has 1 aromatic rings. The van der Waals surface area contributed by atoms with Gasteiger partial charge < -0.3 is 10.2 Å². The molecule has 0 spiro atoms. The van der Waals surface area contributed by atoms with Crippen molar-refractivity contribution in [2.45, 2.75) is 38.8 Å². The van der Waals surface area contributed by atoms with Gasteiger partial charge in [-0.1, -0.05) is 13.8 Å². The summed E-state index contributed by atoms with van der Waals surface area (Å²) in [6.07, 6.45) is 3.67. The summed E-state index contributed by atoms with van der Waals surface area (Å²) in [5.74, 6) is 0.0410. The average molecular weight is 326 g/mol. The number of nitrogens with one attached hydrogen (secondary N) is 1. The summed E-state index contributed by atoms with van der Waals surface area (Å²) in [6.45, 7) is 5.90. The number of aromatic nitrogens is 1. The lowest BCUT2D eigenvalue weighted by Crippen LogP contribution is -2.58. The maximum atomic E-state index is 12.6. The number of pyridine rings is 1. The maximum absolute atomic E-state index is 12.6. The number of amides is 1. The summed E-state index contributed by atoms with van der Waals surface area (Å²) >= 11 is 3.34. The molecule has 0 radical (unpaired) electrons. The van der Waals surface area contributed by atoms with Crippen LogP contribution >= 0.6 is 15.9 Å². The number of piperazine rings is 1. The SMILES string of the molecule is CCC1CN(C(=O)c2ccc(Br)cn2)C(CC)CN1. The molecule has 4 nitrogen and oxygen atoms in total. The third kappa shape index (κ3) is 3.34. The van der Waals surface area contributed by atoms with Crippen LogP contribution in [0, 0.1) is 0 Å². The van der Waals surface area contributed by atoms with Crippen molar-refractivity contribution in [2.75, 3.05) is 13.1 Å². The van der Waals surface area contributed by atoms with Gasteiger partial charge in [-0.25, -0.2) is 4.98 Å². The molecule has 2 unspecified atom stereocenters. The largest absolute Gasteiger partial charge is 0.332 e. The summed E-state index contributed by atoms with van der Waals surface area (Å²) in [4.78, 5) is 18.7. The molecule has 2 rings (SSSR count). The van der Waals surface area contributed by atoms with Crippen molar-refractivity contribution in [3.63, 3.8) is 0 Å². The molecule has 1 aromatic heterocycles. The number of carbonyl (C=O) groups is 1. The van der Waals surface area contributed by atoms with Gasteiger partial charge in [0.1, 0.15) is 5.69 Å². The molecule has 2 atom stereocenters. The van der Waals surface area contributed by atoms with Crippen LogP contribution < -0.4 is 5.32 Å². The normalized spacial score (nSPS) is 23.4. The molecule has 1 N–H and O–H groups in total. The van der Waals surface area contributed by atoms with E-state index < -0.39 is 0 Å². The highest BCUT2D eigenvalue weighted by Crippen LogP contribution is 2.16. The van der Waals surface area contributed by atoms with E-state index in [1.807, 2.05) is 11.0 Å². The number of carbonyl (C=O) groups excluding carboxylic acids is 1. The Kier molecular flexibility index (Phi) is 4.93. The molecular weight excluding hydrogens is 306 g/mol. The highest BCUT2D eigenvalue weighted by molar-refractivity contribution is 9.10. The van der Waals surface area contributed by atoms with Gasteiger partial charge in [-0.3, -0.25) is 4.79 Å². The molecule has 0 aromatic carbocycles. The fourth-order valence-electron chi connectivity index (χ4n) is 2.40. The van der Waals surface area contributed by atoms with E-state index in [4.69, 9.17) is 0 Å². The van der Waals surface area contributed by atoms with Crippen LogP contribution in [0.15, 0.2) is 22.8 Å². The van der Waals surface area contributed by atoms with E-state index in [0.717, 1.165) is 30.4 Å². The molecular formula is C14H20BrN3O. The molecule has 1 aliphatic heterocycles. The zero-order valence-corrected chi connectivity index (χ0v) is 13.0. The highest BCUT2D eigenvalue weighted by Gasteiger charge is 2.30. The Balaban J connectivity index is 2.16. The fourth-order valence-corrected chi connectivity index (χ4v) is 2.63. The molecule has 1 amide bonds. The van der Waals surface area contributed by atoms with E-state index in [0.29, 0.717) is 11.7 Å². The van der Waals surface area contributed by atoms with Gasteiger partial charge in [0.25, 0.3) is 5.91 Å². The smallest absolute Gasteiger partial charge is 0.272 e. The Morgan fingerprint density at radius 3 is 2.84 bits per heavy atom. The van der Waals surface area contributed by atoms with Crippen LogP contribution in [0.1, 0.15) is 37.2 Å². The Morgan fingerprint density at radius 2 is 2.26 bits per heavy atom. The van der Waals surface area contributed by atoms with E-state index in [-0.39, 0.29) is 11.9 Å². The lowest BCUT2D eigenvalue weighted by atomic mass is 10.0.